The Balaban J connectivity index is 1.56. The minimum absolute atomic E-state index is 0.266. The van der Waals surface area contributed by atoms with Crippen molar-refractivity contribution in [3.05, 3.63) is 83.7 Å². The Hall–Kier alpha value is -4.40. The number of hydrogen-bond acceptors (Lipinski definition) is 6. The summed E-state index contributed by atoms with van der Waals surface area (Å²) in [5.41, 5.74) is 3.95. The lowest BCUT2D eigenvalue weighted by Crippen LogP contribution is -2.20. The molecule has 0 bridgehead atoms. The van der Waals surface area contributed by atoms with E-state index in [1.165, 1.54) is 44.7 Å². The summed E-state index contributed by atoms with van der Waals surface area (Å²) in [5.74, 6) is 0.117. The summed E-state index contributed by atoms with van der Waals surface area (Å²) in [5, 5.41) is 6.56. The van der Waals surface area contributed by atoms with E-state index in [2.05, 4.69) is 15.8 Å². The van der Waals surface area contributed by atoms with Gasteiger partial charge >= 0.3 is 0 Å². The number of anilines is 1. The fraction of sp³-hybridized carbons (Fsp3) is 0.125. The number of methoxy groups -OCH3 is 2. The fourth-order valence-electron chi connectivity index (χ4n) is 2.75. The molecule has 0 aliphatic carbocycles. The lowest BCUT2D eigenvalue weighted by Gasteiger charge is -2.11. The third kappa shape index (κ3) is 6.79. The number of nitrogens with zero attached hydrogens (tertiary/aromatic N) is 1. The Morgan fingerprint density at radius 1 is 0.970 bits per heavy atom. The van der Waals surface area contributed by atoms with Crippen LogP contribution in [-0.4, -0.2) is 38.9 Å². The summed E-state index contributed by atoms with van der Waals surface area (Å²) in [6.45, 7) is -0.266. The van der Waals surface area contributed by atoms with Crippen LogP contribution >= 0.6 is 0 Å². The molecule has 0 heterocycles. The van der Waals surface area contributed by atoms with Crippen LogP contribution in [-0.2, 0) is 4.79 Å². The smallest absolute Gasteiger partial charge is 0.271 e. The average molecular weight is 451 g/mol. The van der Waals surface area contributed by atoms with Crippen LogP contribution in [0.5, 0.6) is 17.2 Å². The van der Waals surface area contributed by atoms with Gasteiger partial charge in [0.2, 0.25) is 0 Å². The van der Waals surface area contributed by atoms with Crippen molar-refractivity contribution in [2.75, 3.05) is 26.1 Å². The SMILES string of the molecule is COc1cccc(C(=O)NN=Cc2ccc(OCC(=O)Nc3ccc(F)cc3)c(OC)c2)c1. The molecule has 0 saturated carbocycles. The van der Waals surface area contributed by atoms with Crippen LogP contribution < -0.4 is 25.0 Å². The summed E-state index contributed by atoms with van der Waals surface area (Å²) in [4.78, 5) is 24.3. The monoisotopic (exact) mass is 451 g/mol. The van der Waals surface area contributed by atoms with Gasteiger partial charge in [0.1, 0.15) is 11.6 Å². The first-order valence-corrected chi connectivity index (χ1v) is 9.82. The molecule has 0 radical (unpaired) electrons. The fourth-order valence-corrected chi connectivity index (χ4v) is 2.75. The van der Waals surface area contributed by atoms with E-state index in [0.29, 0.717) is 34.1 Å². The molecule has 3 rings (SSSR count). The first-order valence-electron chi connectivity index (χ1n) is 9.82. The summed E-state index contributed by atoms with van der Waals surface area (Å²) in [7, 11) is 2.99. The number of carbonyl (C=O) groups is 2. The van der Waals surface area contributed by atoms with Gasteiger partial charge in [0, 0.05) is 11.3 Å². The number of amides is 2. The Labute approximate surface area is 190 Å². The molecule has 0 unspecified atom stereocenters. The van der Waals surface area contributed by atoms with Crippen molar-refractivity contribution in [2.24, 2.45) is 5.10 Å². The molecule has 0 aliphatic heterocycles. The second-order valence-corrected chi connectivity index (χ2v) is 6.69. The third-order valence-electron chi connectivity index (χ3n) is 4.39. The molecule has 170 valence electrons. The van der Waals surface area contributed by atoms with E-state index in [-0.39, 0.29) is 12.5 Å². The largest absolute Gasteiger partial charge is 0.497 e. The normalized spacial score (nSPS) is 10.5. The van der Waals surface area contributed by atoms with Crippen molar-refractivity contribution >= 4 is 23.7 Å². The van der Waals surface area contributed by atoms with E-state index in [0.717, 1.165) is 0 Å². The first-order chi connectivity index (χ1) is 16.0. The highest BCUT2D eigenvalue weighted by atomic mass is 19.1. The van der Waals surface area contributed by atoms with Gasteiger partial charge < -0.3 is 19.5 Å². The van der Waals surface area contributed by atoms with Gasteiger partial charge in [0.05, 0.1) is 20.4 Å². The van der Waals surface area contributed by atoms with Crippen LogP contribution in [0.15, 0.2) is 71.8 Å². The Bertz CT molecular complexity index is 1150. The van der Waals surface area contributed by atoms with Gasteiger partial charge in [-0.05, 0) is 66.2 Å². The van der Waals surface area contributed by atoms with Crippen molar-refractivity contribution in [3.63, 3.8) is 0 Å². The maximum Gasteiger partial charge on any atom is 0.271 e. The quantitative estimate of drug-likeness (QED) is 0.383. The molecule has 9 heteroatoms. The topological polar surface area (TPSA) is 98.3 Å². The van der Waals surface area contributed by atoms with Gasteiger partial charge in [-0.25, -0.2) is 9.82 Å². The average Bonchev–Trinajstić information content (AvgIpc) is 2.84. The second kappa shape index (κ2) is 11.3. The molecular weight excluding hydrogens is 429 g/mol. The number of ether oxygens (including phenoxy) is 3. The zero-order valence-corrected chi connectivity index (χ0v) is 18.0. The van der Waals surface area contributed by atoms with Crippen LogP contribution in [0.4, 0.5) is 10.1 Å². The van der Waals surface area contributed by atoms with Crippen molar-refractivity contribution in [3.8, 4) is 17.2 Å². The maximum absolute atomic E-state index is 12.9. The van der Waals surface area contributed by atoms with Crippen LogP contribution in [0, 0.1) is 5.82 Å². The van der Waals surface area contributed by atoms with Gasteiger partial charge in [-0.3, -0.25) is 9.59 Å². The van der Waals surface area contributed by atoms with E-state index in [1.807, 2.05) is 0 Å². The molecule has 2 N–H and O–H groups in total. The molecule has 0 spiro atoms. The number of hydrogen-bond donors (Lipinski definition) is 2. The van der Waals surface area contributed by atoms with Crippen molar-refractivity contribution in [1.82, 2.24) is 5.43 Å². The number of hydrazone groups is 1. The van der Waals surface area contributed by atoms with E-state index in [9.17, 15) is 14.0 Å². The predicted molar refractivity (Wildman–Crippen MR) is 122 cm³/mol. The third-order valence-corrected chi connectivity index (χ3v) is 4.39. The van der Waals surface area contributed by atoms with Gasteiger partial charge in [0.25, 0.3) is 11.8 Å². The molecule has 0 atom stereocenters. The Morgan fingerprint density at radius 3 is 2.48 bits per heavy atom. The highest BCUT2D eigenvalue weighted by molar-refractivity contribution is 5.95. The Kier molecular flexibility index (Phi) is 7.96. The van der Waals surface area contributed by atoms with Gasteiger partial charge in [-0.15, -0.1) is 0 Å². The molecule has 2 amide bonds. The molecule has 3 aromatic rings. The number of carbonyl (C=O) groups excluding carboxylic acids is 2. The summed E-state index contributed by atoms with van der Waals surface area (Å²) in [6, 6.07) is 17.1. The molecular formula is C24H22FN3O5. The Morgan fingerprint density at radius 2 is 1.76 bits per heavy atom. The molecule has 0 fully saturated rings. The number of rotatable bonds is 9. The minimum atomic E-state index is -0.408. The van der Waals surface area contributed by atoms with E-state index < -0.39 is 11.7 Å². The zero-order valence-electron chi connectivity index (χ0n) is 18.0. The van der Waals surface area contributed by atoms with E-state index >= 15 is 0 Å². The van der Waals surface area contributed by atoms with Gasteiger partial charge in [-0.1, -0.05) is 6.07 Å². The lowest BCUT2D eigenvalue weighted by atomic mass is 10.2. The van der Waals surface area contributed by atoms with Crippen LogP contribution in [0.2, 0.25) is 0 Å². The highest BCUT2D eigenvalue weighted by Gasteiger charge is 2.09. The lowest BCUT2D eigenvalue weighted by molar-refractivity contribution is -0.118. The zero-order chi connectivity index (χ0) is 23.6. The van der Waals surface area contributed by atoms with Crippen LogP contribution in [0.1, 0.15) is 15.9 Å². The summed E-state index contributed by atoms with van der Waals surface area (Å²) in [6.07, 6.45) is 1.45. The molecule has 3 aromatic carbocycles. The van der Waals surface area contributed by atoms with Crippen molar-refractivity contribution in [2.45, 2.75) is 0 Å². The minimum Gasteiger partial charge on any atom is -0.497 e. The number of halogens is 1. The molecule has 33 heavy (non-hydrogen) atoms. The summed E-state index contributed by atoms with van der Waals surface area (Å²) >= 11 is 0. The standard InChI is InChI=1S/C24H22FN3O5/c1-31-20-5-3-4-17(13-20)24(30)28-26-14-16-6-11-21(22(12-16)32-2)33-15-23(29)27-19-9-7-18(25)8-10-19/h3-14H,15H2,1-2H3,(H,27,29)(H,28,30). The van der Waals surface area contributed by atoms with Gasteiger partial charge in [0.15, 0.2) is 18.1 Å². The predicted octanol–water partition coefficient (Wildman–Crippen LogP) is 3.62. The second-order valence-electron chi connectivity index (χ2n) is 6.69. The van der Waals surface area contributed by atoms with Crippen LogP contribution in [0.3, 0.4) is 0 Å². The van der Waals surface area contributed by atoms with E-state index in [1.54, 1.807) is 42.5 Å². The van der Waals surface area contributed by atoms with Gasteiger partial charge in [-0.2, -0.15) is 5.10 Å². The molecule has 8 nitrogen and oxygen atoms in total. The molecule has 0 aromatic heterocycles. The molecule has 0 aliphatic rings. The van der Waals surface area contributed by atoms with Crippen LogP contribution in [0.25, 0.3) is 0 Å². The highest BCUT2D eigenvalue weighted by Crippen LogP contribution is 2.27. The number of nitrogens with one attached hydrogen (secondary N) is 2. The summed E-state index contributed by atoms with van der Waals surface area (Å²) < 4.78 is 28.9. The maximum atomic E-state index is 12.9. The van der Waals surface area contributed by atoms with Crippen molar-refractivity contribution < 1.29 is 28.2 Å². The number of benzene rings is 3. The van der Waals surface area contributed by atoms with E-state index in [4.69, 9.17) is 14.2 Å². The molecule has 0 saturated heterocycles. The first kappa shape index (κ1) is 23.3. The van der Waals surface area contributed by atoms with Crippen molar-refractivity contribution in [1.29, 1.82) is 0 Å².